The van der Waals surface area contributed by atoms with E-state index in [0.717, 1.165) is 11.1 Å². The second kappa shape index (κ2) is 4.72. The van der Waals surface area contributed by atoms with Crippen molar-refractivity contribution in [2.24, 2.45) is 0 Å². The first-order valence-corrected chi connectivity index (χ1v) is 7.16. The van der Waals surface area contributed by atoms with E-state index in [1.165, 1.54) is 0 Å². The normalized spacial score (nSPS) is 24.0. The Bertz CT molecular complexity index is 757. The first kappa shape index (κ1) is 12.6. The summed E-state index contributed by atoms with van der Waals surface area (Å²) in [5, 5.41) is 0.712. The van der Waals surface area contributed by atoms with Crippen LogP contribution in [0.4, 0.5) is 0 Å². The molecule has 0 aliphatic carbocycles. The molecule has 0 N–H and O–H groups in total. The van der Waals surface area contributed by atoms with Gasteiger partial charge in [-0.05, 0) is 11.6 Å². The highest BCUT2D eigenvalue weighted by Gasteiger charge is 2.61. The lowest BCUT2D eigenvalue weighted by atomic mass is 9.90. The van der Waals surface area contributed by atoms with Crippen molar-refractivity contribution in [1.82, 2.24) is 9.55 Å². The molecule has 0 spiro atoms. The van der Waals surface area contributed by atoms with Gasteiger partial charge in [0.25, 0.3) is 0 Å². The van der Waals surface area contributed by atoms with E-state index in [9.17, 15) is 0 Å². The van der Waals surface area contributed by atoms with E-state index in [1.54, 1.807) is 12.5 Å². The summed E-state index contributed by atoms with van der Waals surface area (Å²) in [6.07, 6.45) is 5.31. The van der Waals surface area contributed by atoms with E-state index >= 15 is 0 Å². The number of imidazole rings is 1. The van der Waals surface area contributed by atoms with Gasteiger partial charge in [-0.1, -0.05) is 60.1 Å². The Morgan fingerprint density at radius 3 is 2.52 bits per heavy atom. The Labute approximate surface area is 127 Å². The number of halogens is 1. The van der Waals surface area contributed by atoms with Gasteiger partial charge >= 0.3 is 0 Å². The molecule has 3 aromatic rings. The molecule has 2 atom stereocenters. The second-order valence-corrected chi connectivity index (χ2v) is 5.47. The van der Waals surface area contributed by atoms with Crippen molar-refractivity contribution < 1.29 is 4.74 Å². The van der Waals surface area contributed by atoms with Crippen LogP contribution in [-0.2, 0) is 10.3 Å². The Hall–Kier alpha value is -2.10. The van der Waals surface area contributed by atoms with E-state index in [1.807, 2.05) is 53.2 Å². The predicted octanol–water partition coefficient (Wildman–Crippen LogP) is 4.01. The molecule has 1 saturated heterocycles. The van der Waals surface area contributed by atoms with Crippen LogP contribution in [0.2, 0.25) is 5.02 Å². The van der Waals surface area contributed by atoms with Gasteiger partial charge in [0, 0.05) is 23.0 Å². The maximum atomic E-state index is 6.42. The van der Waals surface area contributed by atoms with Crippen molar-refractivity contribution >= 4 is 11.6 Å². The van der Waals surface area contributed by atoms with Crippen LogP contribution in [0.25, 0.3) is 0 Å². The van der Waals surface area contributed by atoms with Crippen molar-refractivity contribution in [2.45, 2.75) is 11.8 Å². The van der Waals surface area contributed by atoms with Gasteiger partial charge in [0.15, 0.2) is 11.8 Å². The third-order valence-corrected chi connectivity index (χ3v) is 4.19. The van der Waals surface area contributed by atoms with Crippen LogP contribution >= 0.6 is 11.6 Å². The summed E-state index contributed by atoms with van der Waals surface area (Å²) in [6, 6.07) is 18.0. The Morgan fingerprint density at radius 1 is 1.05 bits per heavy atom. The van der Waals surface area contributed by atoms with Crippen LogP contribution in [0.3, 0.4) is 0 Å². The number of hydrogen-bond acceptors (Lipinski definition) is 2. The van der Waals surface area contributed by atoms with E-state index in [-0.39, 0.29) is 6.23 Å². The number of aromatic nitrogens is 2. The highest BCUT2D eigenvalue weighted by molar-refractivity contribution is 6.31. The first-order valence-electron chi connectivity index (χ1n) is 6.78. The van der Waals surface area contributed by atoms with Crippen LogP contribution in [0, 0.1) is 0 Å². The summed E-state index contributed by atoms with van der Waals surface area (Å²) >= 11 is 6.42. The topological polar surface area (TPSA) is 30.4 Å². The molecule has 3 nitrogen and oxygen atoms in total. The van der Waals surface area contributed by atoms with Gasteiger partial charge in [-0.3, -0.25) is 0 Å². The summed E-state index contributed by atoms with van der Waals surface area (Å²) < 4.78 is 8.11. The Morgan fingerprint density at radius 2 is 1.81 bits per heavy atom. The summed E-state index contributed by atoms with van der Waals surface area (Å²) in [7, 11) is 0. The summed E-state index contributed by atoms with van der Waals surface area (Å²) in [6.45, 7) is 0. The van der Waals surface area contributed by atoms with Gasteiger partial charge in [-0.15, -0.1) is 0 Å². The van der Waals surface area contributed by atoms with Crippen molar-refractivity contribution in [2.75, 3.05) is 0 Å². The monoisotopic (exact) mass is 296 g/mol. The lowest BCUT2D eigenvalue weighted by Gasteiger charge is -2.15. The second-order valence-electron chi connectivity index (χ2n) is 5.06. The van der Waals surface area contributed by atoms with Gasteiger partial charge in [0.05, 0.1) is 6.33 Å². The maximum Gasteiger partial charge on any atom is 0.174 e. The molecule has 2 unspecified atom stereocenters. The molecule has 0 amide bonds. The maximum absolute atomic E-state index is 6.42. The van der Waals surface area contributed by atoms with Crippen LogP contribution in [0.1, 0.15) is 17.4 Å². The third-order valence-electron chi connectivity index (χ3n) is 3.86. The molecule has 4 rings (SSSR count). The molecule has 1 aliphatic heterocycles. The zero-order valence-electron chi connectivity index (χ0n) is 11.2. The fourth-order valence-electron chi connectivity index (χ4n) is 2.83. The number of benzene rings is 2. The SMILES string of the molecule is Clc1ccccc1C1(c2ccccc2)OC1n1ccnc1. The molecule has 21 heavy (non-hydrogen) atoms. The molecular weight excluding hydrogens is 284 g/mol. The summed E-state index contributed by atoms with van der Waals surface area (Å²) in [4.78, 5) is 4.11. The van der Waals surface area contributed by atoms with E-state index in [2.05, 4.69) is 17.1 Å². The van der Waals surface area contributed by atoms with Crippen LogP contribution in [-0.4, -0.2) is 9.55 Å². The van der Waals surface area contributed by atoms with Gasteiger partial charge in [-0.2, -0.15) is 0 Å². The Balaban J connectivity index is 1.88. The van der Waals surface area contributed by atoms with Crippen molar-refractivity contribution in [3.8, 4) is 0 Å². The Kier molecular flexibility index (Phi) is 2.84. The van der Waals surface area contributed by atoms with Gasteiger partial charge < -0.3 is 9.30 Å². The predicted molar refractivity (Wildman–Crippen MR) is 81.0 cm³/mol. The number of hydrogen-bond donors (Lipinski definition) is 0. The van der Waals surface area contributed by atoms with Crippen molar-refractivity contribution in [3.05, 3.63) is 89.5 Å². The smallest absolute Gasteiger partial charge is 0.174 e. The van der Waals surface area contributed by atoms with Crippen molar-refractivity contribution in [1.29, 1.82) is 0 Å². The highest BCUT2D eigenvalue weighted by atomic mass is 35.5. The van der Waals surface area contributed by atoms with E-state index < -0.39 is 5.60 Å². The minimum atomic E-state index is -0.541. The molecule has 1 aromatic heterocycles. The van der Waals surface area contributed by atoms with Gasteiger partial charge in [0.1, 0.15) is 0 Å². The number of epoxide rings is 1. The summed E-state index contributed by atoms with van der Waals surface area (Å²) in [5.41, 5.74) is 1.54. The number of rotatable bonds is 3. The molecule has 1 fully saturated rings. The molecular formula is C17H13ClN2O. The van der Waals surface area contributed by atoms with Crippen LogP contribution < -0.4 is 0 Å². The third kappa shape index (κ3) is 1.89. The largest absolute Gasteiger partial charge is 0.333 e. The average molecular weight is 297 g/mol. The molecule has 0 bridgehead atoms. The van der Waals surface area contributed by atoms with Crippen LogP contribution in [0.15, 0.2) is 73.3 Å². The molecule has 2 aromatic carbocycles. The minimum Gasteiger partial charge on any atom is -0.333 e. The zero-order valence-corrected chi connectivity index (χ0v) is 11.9. The molecule has 0 radical (unpaired) electrons. The van der Waals surface area contributed by atoms with Crippen molar-refractivity contribution in [3.63, 3.8) is 0 Å². The average Bonchev–Trinajstić information content (AvgIpc) is 3.04. The van der Waals surface area contributed by atoms with Gasteiger partial charge in [-0.25, -0.2) is 4.98 Å². The molecule has 1 aliphatic rings. The minimum absolute atomic E-state index is 0.123. The zero-order chi connectivity index (χ0) is 14.3. The number of ether oxygens (including phenoxy) is 1. The molecule has 104 valence electrons. The molecule has 0 saturated carbocycles. The fourth-order valence-corrected chi connectivity index (χ4v) is 3.11. The standard InChI is InChI=1S/C17H13ClN2O/c18-15-9-5-4-8-14(15)17(13-6-2-1-3-7-13)16(21-17)20-11-10-19-12-20/h1-12,16H. The fraction of sp³-hybridized carbons (Fsp3) is 0.118. The van der Waals surface area contributed by atoms with E-state index in [4.69, 9.17) is 16.3 Å². The molecule has 4 heteroatoms. The summed E-state index contributed by atoms with van der Waals surface area (Å²) in [5.74, 6) is 0. The quantitative estimate of drug-likeness (QED) is 0.684. The highest BCUT2D eigenvalue weighted by Crippen LogP contribution is 2.59. The lowest BCUT2D eigenvalue weighted by Crippen LogP contribution is -2.15. The first-order chi connectivity index (χ1) is 10.3. The number of nitrogens with zero attached hydrogens (tertiary/aromatic N) is 2. The van der Waals surface area contributed by atoms with E-state index in [0.29, 0.717) is 5.02 Å². The van der Waals surface area contributed by atoms with Gasteiger partial charge in [0.2, 0.25) is 0 Å². The molecule has 2 heterocycles. The van der Waals surface area contributed by atoms with Crippen LogP contribution in [0.5, 0.6) is 0 Å². The lowest BCUT2D eigenvalue weighted by molar-refractivity contribution is 0.304.